The lowest BCUT2D eigenvalue weighted by molar-refractivity contribution is 0.768. The summed E-state index contributed by atoms with van der Waals surface area (Å²) in [6, 6.07) is 6.55. The van der Waals surface area contributed by atoms with Crippen LogP contribution in [0.5, 0.6) is 0 Å². The van der Waals surface area contributed by atoms with Crippen LogP contribution in [0.15, 0.2) is 43.1 Å². The van der Waals surface area contributed by atoms with Crippen LogP contribution < -0.4 is 5.32 Å². The summed E-state index contributed by atoms with van der Waals surface area (Å²) in [5, 5.41) is 7.69. The van der Waals surface area contributed by atoms with Crippen molar-refractivity contribution in [3.05, 3.63) is 48.7 Å². The van der Waals surface area contributed by atoms with Crippen molar-refractivity contribution in [1.82, 2.24) is 19.3 Å². The standard InChI is InChI=1S/C16H17N5/c1-20-10-13(8-19-20)16-9-17-11-21(16)14-4-5-15-12(7-14)3-2-6-18-15/h4-5,7-11,18H,2-3,6H2,1H3. The van der Waals surface area contributed by atoms with Crippen molar-refractivity contribution in [2.75, 3.05) is 11.9 Å². The lowest BCUT2D eigenvalue weighted by Gasteiger charge is -2.19. The molecule has 0 fully saturated rings. The topological polar surface area (TPSA) is 47.7 Å². The molecular weight excluding hydrogens is 262 g/mol. The molecule has 0 spiro atoms. The van der Waals surface area contributed by atoms with E-state index in [1.54, 1.807) is 0 Å². The third-order valence-electron chi connectivity index (χ3n) is 3.94. The number of nitrogens with zero attached hydrogens (tertiary/aromatic N) is 4. The van der Waals surface area contributed by atoms with Crippen LogP contribution in [-0.2, 0) is 13.5 Å². The maximum Gasteiger partial charge on any atom is 0.0997 e. The summed E-state index contributed by atoms with van der Waals surface area (Å²) in [6.07, 6.45) is 9.94. The van der Waals surface area contributed by atoms with Crippen LogP contribution in [-0.4, -0.2) is 25.9 Å². The number of hydrogen-bond donors (Lipinski definition) is 1. The molecule has 1 aliphatic rings. The van der Waals surface area contributed by atoms with Gasteiger partial charge in [0.2, 0.25) is 0 Å². The highest BCUT2D eigenvalue weighted by atomic mass is 15.2. The van der Waals surface area contributed by atoms with Crippen molar-refractivity contribution in [1.29, 1.82) is 0 Å². The lowest BCUT2D eigenvalue weighted by atomic mass is 10.0. The molecule has 0 saturated carbocycles. The van der Waals surface area contributed by atoms with Crippen molar-refractivity contribution in [2.45, 2.75) is 12.8 Å². The zero-order valence-corrected chi connectivity index (χ0v) is 12.0. The van der Waals surface area contributed by atoms with Gasteiger partial charge in [-0.05, 0) is 36.6 Å². The molecule has 4 rings (SSSR count). The first kappa shape index (κ1) is 12.2. The molecule has 3 heterocycles. The van der Waals surface area contributed by atoms with Crippen LogP contribution in [0.2, 0.25) is 0 Å². The largest absolute Gasteiger partial charge is 0.385 e. The van der Waals surface area contributed by atoms with Crippen LogP contribution in [0.25, 0.3) is 16.9 Å². The molecule has 0 unspecified atom stereocenters. The molecule has 1 aliphatic heterocycles. The predicted octanol–water partition coefficient (Wildman–Crippen LogP) is 2.63. The number of aromatic nitrogens is 4. The minimum atomic E-state index is 1.06. The van der Waals surface area contributed by atoms with E-state index in [9.17, 15) is 0 Å². The monoisotopic (exact) mass is 279 g/mol. The van der Waals surface area contributed by atoms with E-state index >= 15 is 0 Å². The SMILES string of the molecule is Cn1cc(-c2cncn2-c2ccc3c(c2)CCCN3)cn1. The van der Waals surface area contributed by atoms with Gasteiger partial charge in [0.1, 0.15) is 0 Å². The molecule has 1 N–H and O–H groups in total. The Morgan fingerprint density at radius 1 is 1.24 bits per heavy atom. The summed E-state index contributed by atoms with van der Waals surface area (Å²) in [5.74, 6) is 0. The Bertz CT molecular complexity index is 784. The number of nitrogens with one attached hydrogen (secondary N) is 1. The number of fused-ring (bicyclic) bond motifs is 1. The molecule has 0 bridgehead atoms. The van der Waals surface area contributed by atoms with E-state index in [1.165, 1.54) is 17.7 Å². The number of benzene rings is 1. The minimum absolute atomic E-state index is 1.06. The summed E-state index contributed by atoms with van der Waals surface area (Å²) in [4.78, 5) is 4.31. The van der Waals surface area contributed by atoms with Gasteiger partial charge in [-0.2, -0.15) is 5.10 Å². The van der Waals surface area contributed by atoms with Crippen molar-refractivity contribution in [3.8, 4) is 16.9 Å². The average Bonchev–Trinajstić information content (AvgIpc) is 3.15. The van der Waals surface area contributed by atoms with E-state index in [0.717, 1.165) is 29.9 Å². The second-order valence-corrected chi connectivity index (χ2v) is 5.42. The van der Waals surface area contributed by atoms with Gasteiger partial charge in [-0.3, -0.25) is 9.25 Å². The third-order valence-corrected chi connectivity index (χ3v) is 3.94. The molecule has 3 aromatic rings. The highest BCUT2D eigenvalue weighted by molar-refractivity contribution is 5.63. The zero-order valence-electron chi connectivity index (χ0n) is 12.0. The quantitative estimate of drug-likeness (QED) is 0.784. The van der Waals surface area contributed by atoms with Crippen LogP contribution in [0, 0.1) is 0 Å². The molecular formula is C16H17N5. The maximum absolute atomic E-state index is 4.31. The fraction of sp³-hybridized carbons (Fsp3) is 0.250. The maximum atomic E-state index is 4.31. The van der Waals surface area contributed by atoms with E-state index < -0.39 is 0 Å². The smallest absolute Gasteiger partial charge is 0.0997 e. The molecule has 5 heteroatoms. The van der Waals surface area contributed by atoms with E-state index in [1.807, 2.05) is 36.6 Å². The van der Waals surface area contributed by atoms with E-state index in [-0.39, 0.29) is 0 Å². The lowest BCUT2D eigenvalue weighted by Crippen LogP contribution is -2.12. The summed E-state index contributed by atoms with van der Waals surface area (Å²) < 4.78 is 3.93. The predicted molar refractivity (Wildman–Crippen MR) is 82.6 cm³/mol. The van der Waals surface area contributed by atoms with Gasteiger partial charge < -0.3 is 5.32 Å². The Morgan fingerprint density at radius 3 is 3.05 bits per heavy atom. The van der Waals surface area contributed by atoms with Crippen molar-refractivity contribution in [2.24, 2.45) is 7.05 Å². The number of rotatable bonds is 2. The van der Waals surface area contributed by atoms with Gasteiger partial charge in [-0.25, -0.2) is 4.98 Å². The highest BCUT2D eigenvalue weighted by Crippen LogP contribution is 2.27. The summed E-state index contributed by atoms with van der Waals surface area (Å²) >= 11 is 0. The molecule has 106 valence electrons. The highest BCUT2D eigenvalue weighted by Gasteiger charge is 2.12. The van der Waals surface area contributed by atoms with E-state index in [2.05, 4.69) is 38.2 Å². The van der Waals surface area contributed by atoms with Gasteiger partial charge in [-0.15, -0.1) is 0 Å². The minimum Gasteiger partial charge on any atom is -0.385 e. The fourth-order valence-corrected chi connectivity index (χ4v) is 2.88. The van der Waals surface area contributed by atoms with Crippen LogP contribution in [0.3, 0.4) is 0 Å². The first-order chi connectivity index (χ1) is 10.3. The summed E-state index contributed by atoms with van der Waals surface area (Å²) in [5.41, 5.74) is 5.92. The Kier molecular flexibility index (Phi) is 2.77. The number of imidazole rings is 1. The first-order valence-electron chi connectivity index (χ1n) is 7.20. The van der Waals surface area contributed by atoms with Gasteiger partial charge in [0.05, 0.1) is 24.4 Å². The van der Waals surface area contributed by atoms with Crippen LogP contribution in [0.4, 0.5) is 5.69 Å². The molecule has 0 amide bonds. The molecule has 0 saturated heterocycles. The van der Waals surface area contributed by atoms with Gasteiger partial charge >= 0.3 is 0 Å². The Balaban J connectivity index is 1.79. The van der Waals surface area contributed by atoms with E-state index in [4.69, 9.17) is 0 Å². The van der Waals surface area contributed by atoms with E-state index in [0.29, 0.717) is 0 Å². The zero-order chi connectivity index (χ0) is 14.2. The summed E-state index contributed by atoms with van der Waals surface area (Å²) in [6.45, 7) is 1.07. The van der Waals surface area contributed by atoms with Crippen LogP contribution >= 0.6 is 0 Å². The van der Waals surface area contributed by atoms with Gasteiger partial charge in [0.15, 0.2) is 0 Å². The average molecular weight is 279 g/mol. The molecule has 0 radical (unpaired) electrons. The van der Waals surface area contributed by atoms with Gasteiger partial charge in [0.25, 0.3) is 0 Å². The van der Waals surface area contributed by atoms with Gasteiger partial charge in [-0.1, -0.05) is 0 Å². The van der Waals surface area contributed by atoms with Gasteiger partial charge in [0, 0.05) is 36.7 Å². The number of anilines is 1. The van der Waals surface area contributed by atoms with Crippen LogP contribution in [0.1, 0.15) is 12.0 Å². The third kappa shape index (κ3) is 2.11. The summed E-state index contributed by atoms with van der Waals surface area (Å²) in [7, 11) is 1.93. The first-order valence-corrected chi connectivity index (χ1v) is 7.20. The number of hydrogen-bond acceptors (Lipinski definition) is 3. The molecule has 1 aromatic carbocycles. The fourth-order valence-electron chi connectivity index (χ4n) is 2.88. The molecule has 5 nitrogen and oxygen atoms in total. The number of aryl methyl sites for hydroxylation is 2. The second-order valence-electron chi connectivity index (χ2n) is 5.42. The molecule has 2 aromatic heterocycles. The molecule has 0 aliphatic carbocycles. The Morgan fingerprint density at radius 2 is 2.19 bits per heavy atom. The van der Waals surface area contributed by atoms with Crippen molar-refractivity contribution < 1.29 is 0 Å². The second kappa shape index (κ2) is 4.77. The Labute approximate surface area is 123 Å². The molecule has 0 atom stereocenters. The normalized spacial score (nSPS) is 13.8. The Hall–Kier alpha value is -2.56. The molecule has 21 heavy (non-hydrogen) atoms. The van der Waals surface area contributed by atoms with Crippen molar-refractivity contribution >= 4 is 5.69 Å². The van der Waals surface area contributed by atoms with Crippen molar-refractivity contribution in [3.63, 3.8) is 0 Å².